The minimum Gasteiger partial charge on any atom is -0.494 e. The number of benzene rings is 2. The number of hydrogen-bond donors (Lipinski definition) is 2. The van der Waals surface area contributed by atoms with Crippen LogP contribution in [-0.2, 0) is 6.54 Å². The smallest absolute Gasteiger partial charge is 0.387 e. The molecule has 9 heteroatoms. The lowest BCUT2D eigenvalue weighted by molar-refractivity contribution is -0.0504. The van der Waals surface area contributed by atoms with E-state index in [9.17, 15) is 8.78 Å². The highest BCUT2D eigenvalue weighted by Crippen LogP contribution is 2.29. The topological polar surface area (TPSA) is 78.1 Å². The normalized spacial score (nSPS) is 11.0. The number of anilines is 1. The zero-order valence-electron chi connectivity index (χ0n) is 15.7. The molecule has 3 N–H and O–H groups in total. The lowest BCUT2D eigenvalue weighted by Crippen LogP contribution is -2.23. The molecule has 28 heavy (non-hydrogen) atoms. The number of para-hydroxylation sites is 1. The number of hydrogen-bond acceptors (Lipinski definition) is 4. The van der Waals surface area contributed by atoms with Crippen molar-refractivity contribution < 1.29 is 23.0 Å². The zero-order chi connectivity index (χ0) is 19.6. The van der Waals surface area contributed by atoms with Crippen LogP contribution >= 0.6 is 24.0 Å². The molecule has 0 aliphatic carbocycles. The fourth-order valence-electron chi connectivity index (χ4n) is 2.34. The van der Waals surface area contributed by atoms with Crippen LogP contribution in [0.3, 0.4) is 0 Å². The van der Waals surface area contributed by atoms with Crippen molar-refractivity contribution in [2.75, 3.05) is 18.5 Å². The molecule has 2 aromatic rings. The number of halogens is 3. The predicted octanol–water partition coefficient (Wildman–Crippen LogP) is 4.63. The van der Waals surface area contributed by atoms with Gasteiger partial charge in [-0.1, -0.05) is 18.2 Å². The van der Waals surface area contributed by atoms with E-state index in [-0.39, 0.29) is 42.2 Å². The van der Waals surface area contributed by atoms with Crippen molar-refractivity contribution in [2.24, 2.45) is 10.7 Å². The van der Waals surface area contributed by atoms with Gasteiger partial charge in [-0.05, 0) is 32.0 Å². The molecule has 0 unspecified atom stereocenters. The van der Waals surface area contributed by atoms with Crippen LogP contribution in [0.15, 0.2) is 47.5 Å². The summed E-state index contributed by atoms with van der Waals surface area (Å²) in [6, 6.07) is 11.8. The lowest BCUT2D eigenvalue weighted by Gasteiger charge is -2.14. The fraction of sp³-hybridized carbons (Fsp3) is 0.316. The van der Waals surface area contributed by atoms with Crippen molar-refractivity contribution in [3.8, 4) is 17.2 Å². The minimum atomic E-state index is -2.90. The van der Waals surface area contributed by atoms with E-state index in [1.807, 2.05) is 13.8 Å². The molecule has 0 aliphatic heterocycles. The number of nitrogens with two attached hydrogens (primary N) is 1. The molecule has 2 rings (SSSR count). The number of nitrogens with zero attached hydrogens (tertiary/aromatic N) is 1. The molecule has 6 nitrogen and oxygen atoms in total. The summed E-state index contributed by atoms with van der Waals surface area (Å²) >= 11 is 0. The molecule has 0 spiro atoms. The van der Waals surface area contributed by atoms with E-state index in [1.165, 1.54) is 6.07 Å². The Morgan fingerprint density at radius 1 is 1.07 bits per heavy atom. The maximum Gasteiger partial charge on any atom is 0.387 e. The van der Waals surface area contributed by atoms with Crippen LogP contribution in [0.5, 0.6) is 17.2 Å². The Hall–Kier alpha value is -2.30. The van der Waals surface area contributed by atoms with Crippen LogP contribution in [-0.4, -0.2) is 25.8 Å². The third-order valence-corrected chi connectivity index (χ3v) is 3.43. The summed E-state index contributed by atoms with van der Waals surface area (Å²) in [6.45, 7) is 1.95. The first-order valence-electron chi connectivity index (χ1n) is 8.52. The van der Waals surface area contributed by atoms with Crippen molar-refractivity contribution in [1.29, 1.82) is 0 Å². The van der Waals surface area contributed by atoms with E-state index in [4.69, 9.17) is 15.2 Å². The van der Waals surface area contributed by atoms with Crippen LogP contribution in [0.4, 0.5) is 14.5 Å². The third-order valence-electron chi connectivity index (χ3n) is 3.43. The van der Waals surface area contributed by atoms with Crippen LogP contribution in [0.1, 0.15) is 19.4 Å². The predicted molar refractivity (Wildman–Crippen MR) is 116 cm³/mol. The molecule has 0 saturated heterocycles. The summed E-state index contributed by atoms with van der Waals surface area (Å²) in [6.07, 6.45) is 0. The number of aliphatic imine (C=N–C) groups is 1. The van der Waals surface area contributed by atoms with Gasteiger partial charge < -0.3 is 25.3 Å². The van der Waals surface area contributed by atoms with Crippen LogP contribution in [0.2, 0.25) is 0 Å². The molecular formula is C19H24F2IN3O3. The molecule has 0 amide bonds. The van der Waals surface area contributed by atoms with Gasteiger partial charge >= 0.3 is 6.61 Å². The maximum absolute atomic E-state index is 12.5. The summed E-state index contributed by atoms with van der Waals surface area (Å²) in [5.74, 6) is 1.43. The molecular weight excluding hydrogens is 483 g/mol. The lowest BCUT2D eigenvalue weighted by atomic mass is 10.2. The first kappa shape index (κ1) is 23.7. The maximum atomic E-state index is 12.5. The Morgan fingerprint density at radius 3 is 2.46 bits per heavy atom. The summed E-state index contributed by atoms with van der Waals surface area (Å²) in [7, 11) is 0. The SMILES string of the molecule is CCOc1ccc(OCC)c(NC(N)=NCc2ccccc2OC(F)F)c1.I. The van der Waals surface area contributed by atoms with Crippen LogP contribution in [0, 0.1) is 0 Å². The Kier molecular flexibility index (Phi) is 10.4. The van der Waals surface area contributed by atoms with E-state index >= 15 is 0 Å². The van der Waals surface area contributed by atoms with Gasteiger partial charge in [0.1, 0.15) is 17.2 Å². The Bertz CT molecular complexity index is 776. The zero-order valence-corrected chi connectivity index (χ0v) is 18.0. The highest BCUT2D eigenvalue weighted by atomic mass is 127. The van der Waals surface area contributed by atoms with Gasteiger partial charge in [0.25, 0.3) is 0 Å². The van der Waals surface area contributed by atoms with E-state index in [1.54, 1.807) is 36.4 Å². The fourth-order valence-corrected chi connectivity index (χ4v) is 2.34. The molecule has 0 saturated carbocycles. The van der Waals surface area contributed by atoms with Crippen LogP contribution in [0.25, 0.3) is 0 Å². The van der Waals surface area contributed by atoms with Crippen molar-refractivity contribution in [1.82, 2.24) is 0 Å². The largest absolute Gasteiger partial charge is 0.494 e. The van der Waals surface area contributed by atoms with Gasteiger partial charge in [0.2, 0.25) is 0 Å². The van der Waals surface area contributed by atoms with E-state index in [0.717, 1.165) is 0 Å². The molecule has 0 fully saturated rings. The summed E-state index contributed by atoms with van der Waals surface area (Å²) in [4.78, 5) is 4.20. The molecule has 0 aromatic heterocycles. The van der Waals surface area contributed by atoms with Crippen molar-refractivity contribution >= 4 is 35.6 Å². The van der Waals surface area contributed by atoms with Gasteiger partial charge in [-0.3, -0.25) is 0 Å². The van der Waals surface area contributed by atoms with Gasteiger partial charge in [0, 0.05) is 11.6 Å². The molecule has 0 bridgehead atoms. The average Bonchev–Trinajstić information content (AvgIpc) is 2.63. The van der Waals surface area contributed by atoms with E-state index < -0.39 is 6.61 Å². The van der Waals surface area contributed by atoms with Crippen molar-refractivity contribution in [2.45, 2.75) is 27.0 Å². The summed E-state index contributed by atoms with van der Waals surface area (Å²) < 4.78 is 40.5. The molecule has 0 aliphatic rings. The Morgan fingerprint density at radius 2 is 1.79 bits per heavy atom. The Balaban J connectivity index is 0.00000392. The number of alkyl halides is 2. The minimum absolute atomic E-state index is 0. The summed E-state index contributed by atoms with van der Waals surface area (Å²) in [5, 5.41) is 2.96. The average molecular weight is 507 g/mol. The second-order valence-electron chi connectivity index (χ2n) is 5.34. The monoisotopic (exact) mass is 507 g/mol. The van der Waals surface area contributed by atoms with Gasteiger partial charge in [0.05, 0.1) is 25.4 Å². The second kappa shape index (κ2) is 12.2. The van der Waals surface area contributed by atoms with Gasteiger partial charge in [-0.2, -0.15) is 8.78 Å². The van der Waals surface area contributed by atoms with Gasteiger partial charge in [-0.25, -0.2) is 4.99 Å². The molecule has 0 radical (unpaired) electrons. The summed E-state index contributed by atoms with van der Waals surface area (Å²) in [5.41, 5.74) is 7.04. The number of rotatable bonds is 9. The molecule has 2 aromatic carbocycles. The quantitative estimate of drug-likeness (QED) is 0.294. The first-order valence-corrected chi connectivity index (χ1v) is 8.52. The standard InChI is InChI=1S/C19H23F2N3O3.HI/c1-3-25-14-9-10-17(26-4-2)15(11-14)24-19(22)23-12-13-7-5-6-8-16(13)27-18(20)21;/h5-11,18H,3-4,12H2,1-2H3,(H3,22,23,24);1H. The second-order valence-corrected chi connectivity index (χ2v) is 5.34. The molecule has 0 atom stereocenters. The van der Waals surface area contributed by atoms with E-state index in [0.29, 0.717) is 36.0 Å². The van der Waals surface area contributed by atoms with Gasteiger partial charge in [0.15, 0.2) is 5.96 Å². The first-order chi connectivity index (χ1) is 13.0. The van der Waals surface area contributed by atoms with Crippen molar-refractivity contribution in [3.05, 3.63) is 48.0 Å². The molecule has 154 valence electrons. The van der Waals surface area contributed by atoms with E-state index in [2.05, 4.69) is 15.0 Å². The number of ether oxygens (including phenoxy) is 3. The third kappa shape index (κ3) is 7.37. The highest BCUT2D eigenvalue weighted by Gasteiger charge is 2.10. The Labute approximate surface area is 180 Å². The number of nitrogens with one attached hydrogen (secondary N) is 1. The van der Waals surface area contributed by atoms with Gasteiger partial charge in [-0.15, -0.1) is 24.0 Å². The highest BCUT2D eigenvalue weighted by molar-refractivity contribution is 14.0. The number of guanidine groups is 1. The molecule has 0 heterocycles. The van der Waals surface area contributed by atoms with Crippen LogP contribution < -0.4 is 25.3 Å². The van der Waals surface area contributed by atoms with Crippen molar-refractivity contribution in [3.63, 3.8) is 0 Å².